The van der Waals surface area contributed by atoms with E-state index in [0.717, 1.165) is 37.9 Å². The second-order valence-corrected chi connectivity index (χ2v) is 11.9. The van der Waals surface area contributed by atoms with Gasteiger partial charge in [0, 0.05) is 43.7 Å². The molecule has 3 aromatic rings. The standard InChI is InChI=1S/C31H38ClN9O3/c1-5-27(42)39-14-15-40(21(4)19-39)28-24-18-25(32)30(38-12-7-6-8-13-38)35-29(24)41(31(43)36-28)26-10-9-22(17-23(26)20(2)3)44-16-11-34-37-33/h5,9-10,17-18,20-21H,1,6-8,11-16,19H2,2-4H3/t21-/m0/s1. The zero-order valence-corrected chi connectivity index (χ0v) is 26.2. The van der Waals surface area contributed by atoms with Crippen LogP contribution in [0.25, 0.3) is 27.2 Å². The van der Waals surface area contributed by atoms with Crippen LogP contribution in [0.15, 0.2) is 46.8 Å². The summed E-state index contributed by atoms with van der Waals surface area (Å²) in [6, 6.07) is 7.32. The highest BCUT2D eigenvalue weighted by atomic mass is 35.5. The quantitative estimate of drug-likeness (QED) is 0.102. The van der Waals surface area contributed by atoms with Crippen molar-refractivity contribution in [2.24, 2.45) is 5.11 Å². The van der Waals surface area contributed by atoms with Crippen molar-refractivity contribution in [1.82, 2.24) is 19.4 Å². The molecular weight excluding hydrogens is 582 g/mol. The van der Waals surface area contributed by atoms with Gasteiger partial charge in [0.15, 0.2) is 5.65 Å². The number of piperazine rings is 1. The van der Waals surface area contributed by atoms with Crippen molar-refractivity contribution in [2.45, 2.75) is 52.0 Å². The van der Waals surface area contributed by atoms with Gasteiger partial charge in [0.2, 0.25) is 5.91 Å². The van der Waals surface area contributed by atoms with E-state index in [4.69, 9.17) is 26.9 Å². The Balaban J connectivity index is 1.67. The molecule has 2 aromatic heterocycles. The first kappa shape index (κ1) is 31.2. The Morgan fingerprint density at radius 3 is 2.64 bits per heavy atom. The highest BCUT2D eigenvalue weighted by Crippen LogP contribution is 2.36. The molecule has 0 radical (unpaired) electrons. The van der Waals surface area contributed by atoms with Crippen LogP contribution in [-0.2, 0) is 4.79 Å². The van der Waals surface area contributed by atoms with E-state index in [0.29, 0.717) is 58.8 Å². The SMILES string of the molecule is C=CC(=O)N1CCN(c2nc(=O)n(-c3ccc(OCCN=[N+]=[N-])cc3C(C)C)c3nc(N4CCCCC4)c(Cl)cc23)[C@@H](C)C1. The van der Waals surface area contributed by atoms with Gasteiger partial charge in [-0.05, 0) is 73.5 Å². The maximum absolute atomic E-state index is 14.1. The molecule has 44 heavy (non-hydrogen) atoms. The molecule has 0 spiro atoms. The Hall–Kier alpha value is -4.28. The van der Waals surface area contributed by atoms with Crippen molar-refractivity contribution in [3.63, 3.8) is 0 Å². The zero-order chi connectivity index (χ0) is 31.4. The van der Waals surface area contributed by atoms with Gasteiger partial charge in [-0.3, -0.25) is 4.79 Å². The van der Waals surface area contributed by atoms with Gasteiger partial charge in [0.25, 0.3) is 0 Å². The molecule has 4 heterocycles. The van der Waals surface area contributed by atoms with Crippen molar-refractivity contribution < 1.29 is 9.53 Å². The molecule has 5 rings (SSSR count). The Bertz CT molecular complexity index is 1660. The number of carbonyl (C=O) groups excluding carboxylic acids is 1. The number of ether oxygens (including phenoxy) is 1. The first-order valence-corrected chi connectivity index (χ1v) is 15.5. The number of halogens is 1. The number of hydrogen-bond donors (Lipinski definition) is 0. The third-order valence-corrected chi connectivity index (χ3v) is 8.49. The van der Waals surface area contributed by atoms with Crippen molar-refractivity contribution in [3.8, 4) is 11.4 Å². The number of hydrogen-bond acceptors (Lipinski definition) is 8. The summed E-state index contributed by atoms with van der Waals surface area (Å²) < 4.78 is 7.39. The van der Waals surface area contributed by atoms with Crippen LogP contribution in [0, 0.1) is 0 Å². The highest BCUT2D eigenvalue weighted by Gasteiger charge is 2.30. The minimum atomic E-state index is -0.456. The number of carbonyl (C=O) groups is 1. The molecule has 2 aliphatic heterocycles. The smallest absolute Gasteiger partial charge is 0.355 e. The van der Waals surface area contributed by atoms with E-state index in [2.05, 4.69) is 31.4 Å². The molecule has 2 fully saturated rings. The molecule has 0 bridgehead atoms. The summed E-state index contributed by atoms with van der Waals surface area (Å²) in [6.07, 6.45) is 4.59. The number of amides is 1. The number of piperidine rings is 1. The van der Waals surface area contributed by atoms with Crippen molar-refractivity contribution in [2.75, 3.05) is 55.7 Å². The lowest BCUT2D eigenvalue weighted by molar-refractivity contribution is -0.126. The van der Waals surface area contributed by atoms with Crippen LogP contribution in [0.2, 0.25) is 5.02 Å². The normalized spacial score (nSPS) is 17.1. The van der Waals surface area contributed by atoms with E-state index in [1.54, 1.807) is 15.5 Å². The molecule has 12 nitrogen and oxygen atoms in total. The average Bonchev–Trinajstić information content (AvgIpc) is 3.03. The number of pyridine rings is 1. The fourth-order valence-electron chi connectivity index (χ4n) is 6.00. The third-order valence-electron chi connectivity index (χ3n) is 8.21. The van der Waals surface area contributed by atoms with Crippen LogP contribution in [0.4, 0.5) is 11.6 Å². The first-order valence-electron chi connectivity index (χ1n) is 15.1. The monoisotopic (exact) mass is 619 g/mol. The molecule has 0 saturated carbocycles. The van der Waals surface area contributed by atoms with Crippen molar-refractivity contribution in [1.29, 1.82) is 0 Å². The Kier molecular flexibility index (Phi) is 9.61. The van der Waals surface area contributed by atoms with Gasteiger partial charge in [-0.25, -0.2) is 14.3 Å². The number of benzene rings is 1. The molecular formula is C31H38ClN9O3. The summed E-state index contributed by atoms with van der Waals surface area (Å²) in [5, 5.41) is 4.70. The van der Waals surface area contributed by atoms with Gasteiger partial charge >= 0.3 is 5.69 Å². The molecule has 2 aliphatic rings. The lowest BCUT2D eigenvalue weighted by atomic mass is 10.0. The van der Waals surface area contributed by atoms with Crippen LogP contribution in [0.1, 0.15) is 51.5 Å². The number of nitrogens with zero attached hydrogens (tertiary/aromatic N) is 9. The summed E-state index contributed by atoms with van der Waals surface area (Å²) in [5.74, 6) is 1.69. The Morgan fingerprint density at radius 2 is 1.95 bits per heavy atom. The summed E-state index contributed by atoms with van der Waals surface area (Å²) in [5.41, 5.74) is 10.1. The Labute approximate surface area is 261 Å². The van der Waals surface area contributed by atoms with Gasteiger partial charge in [-0.15, -0.1) is 0 Å². The maximum Gasteiger partial charge on any atom is 0.355 e. The maximum atomic E-state index is 14.1. The van der Waals surface area contributed by atoms with Gasteiger partial charge in [0.1, 0.15) is 17.4 Å². The number of aromatic nitrogens is 3. The number of fused-ring (bicyclic) bond motifs is 1. The lowest BCUT2D eigenvalue weighted by Gasteiger charge is -2.40. The predicted octanol–water partition coefficient (Wildman–Crippen LogP) is 5.46. The van der Waals surface area contributed by atoms with Gasteiger partial charge in [-0.1, -0.05) is 37.1 Å². The average molecular weight is 620 g/mol. The molecule has 2 saturated heterocycles. The summed E-state index contributed by atoms with van der Waals surface area (Å²) >= 11 is 6.93. The molecule has 13 heteroatoms. The summed E-state index contributed by atoms with van der Waals surface area (Å²) in [7, 11) is 0. The van der Waals surface area contributed by atoms with Gasteiger partial charge in [-0.2, -0.15) is 4.98 Å². The lowest BCUT2D eigenvalue weighted by Crippen LogP contribution is -2.54. The minimum Gasteiger partial charge on any atom is -0.493 e. The van der Waals surface area contributed by atoms with E-state index >= 15 is 0 Å². The molecule has 0 N–H and O–H groups in total. The first-order chi connectivity index (χ1) is 21.2. The highest BCUT2D eigenvalue weighted by molar-refractivity contribution is 6.33. The second-order valence-electron chi connectivity index (χ2n) is 11.5. The van der Waals surface area contributed by atoms with E-state index in [-0.39, 0.29) is 31.0 Å². The van der Waals surface area contributed by atoms with Crippen LogP contribution in [0.5, 0.6) is 5.75 Å². The molecule has 232 valence electrons. The molecule has 0 unspecified atom stereocenters. The predicted molar refractivity (Wildman–Crippen MR) is 173 cm³/mol. The topological polar surface area (TPSA) is 133 Å². The van der Waals surface area contributed by atoms with E-state index in [1.165, 1.54) is 6.08 Å². The van der Waals surface area contributed by atoms with Crippen LogP contribution in [0.3, 0.4) is 0 Å². The van der Waals surface area contributed by atoms with Crippen LogP contribution >= 0.6 is 11.6 Å². The van der Waals surface area contributed by atoms with E-state index in [9.17, 15) is 9.59 Å². The minimum absolute atomic E-state index is 0.0386. The van der Waals surface area contributed by atoms with Crippen LogP contribution in [-0.4, -0.2) is 77.3 Å². The molecule has 1 aromatic carbocycles. The number of anilines is 2. The zero-order valence-electron chi connectivity index (χ0n) is 25.4. The Morgan fingerprint density at radius 1 is 1.18 bits per heavy atom. The van der Waals surface area contributed by atoms with E-state index in [1.807, 2.05) is 39.0 Å². The summed E-state index contributed by atoms with van der Waals surface area (Å²) in [6.45, 7) is 13.3. The second kappa shape index (κ2) is 13.6. The molecule has 0 aliphatic carbocycles. The third kappa shape index (κ3) is 6.32. The molecule has 1 amide bonds. The van der Waals surface area contributed by atoms with E-state index < -0.39 is 5.69 Å². The fraction of sp³-hybridized carbons (Fsp3) is 0.484. The van der Waals surface area contributed by atoms with Crippen molar-refractivity contribution in [3.05, 3.63) is 68.4 Å². The largest absolute Gasteiger partial charge is 0.493 e. The summed E-state index contributed by atoms with van der Waals surface area (Å²) in [4.78, 5) is 44.9. The fourth-order valence-corrected chi connectivity index (χ4v) is 6.27. The molecule has 1 atom stereocenters. The van der Waals surface area contributed by atoms with Gasteiger partial charge in [0.05, 0.1) is 29.2 Å². The number of azide groups is 1. The van der Waals surface area contributed by atoms with Crippen molar-refractivity contribution >= 4 is 40.2 Å². The van der Waals surface area contributed by atoms with Crippen LogP contribution < -0.4 is 20.2 Å². The van der Waals surface area contributed by atoms with Gasteiger partial charge < -0.3 is 19.4 Å². The number of rotatable bonds is 9.